The molecule has 0 aliphatic heterocycles. The highest BCUT2D eigenvalue weighted by molar-refractivity contribution is 7.92. The molecule has 1 unspecified atom stereocenters. The first-order chi connectivity index (χ1) is 14.9. The molecule has 0 aliphatic carbocycles. The van der Waals surface area contributed by atoms with Gasteiger partial charge in [0.1, 0.15) is 18.3 Å². The predicted molar refractivity (Wildman–Crippen MR) is 121 cm³/mol. The van der Waals surface area contributed by atoms with Crippen LogP contribution in [-0.2, 0) is 19.7 Å². The third-order valence-electron chi connectivity index (χ3n) is 4.58. The second-order valence-corrected chi connectivity index (χ2v) is 9.16. The third-order valence-corrected chi connectivity index (χ3v) is 5.94. The monoisotopic (exact) mass is 464 g/mol. The van der Waals surface area contributed by atoms with Crippen LogP contribution in [0.5, 0.6) is 0 Å². The lowest BCUT2D eigenvalue weighted by Gasteiger charge is -2.23. The number of aryl methyl sites for hydroxylation is 1. The Hall–Kier alpha value is -3.54. The molecule has 0 aliphatic rings. The number of amides is 1. The van der Waals surface area contributed by atoms with Gasteiger partial charge >= 0.3 is 0 Å². The van der Waals surface area contributed by atoms with Gasteiger partial charge in [-0.3, -0.25) is 18.9 Å². The Labute approximate surface area is 186 Å². The van der Waals surface area contributed by atoms with Gasteiger partial charge in [-0.2, -0.15) is 0 Å². The summed E-state index contributed by atoms with van der Waals surface area (Å²) in [6, 6.07) is 8.09. The molecule has 1 atom stereocenters. The second-order valence-electron chi connectivity index (χ2n) is 7.48. The Kier molecular flexibility index (Phi) is 7.87. The van der Waals surface area contributed by atoms with Crippen LogP contribution in [0.3, 0.4) is 0 Å². The van der Waals surface area contributed by atoms with E-state index in [0.29, 0.717) is 5.69 Å². The number of pyridine rings is 1. The van der Waals surface area contributed by atoms with E-state index in [0.717, 1.165) is 5.56 Å². The van der Waals surface area contributed by atoms with E-state index >= 15 is 0 Å². The molecule has 1 aromatic heterocycles. The molecule has 0 bridgehead atoms. The van der Waals surface area contributed by atoms with Crippen LogP contribution in [0.4, 0.5) is 5.69 Å². The second kappa shape index (κ2) is 10.2. The van der Waals surface area contributed by atoms with Gasteiger partial charge in [-0.15, -0.1) is 0 Å². The van der Waals surface area contributed by atoms with Gasteiger partial charge in [-0.25, -0.2) is 8.42 Å². The number of nitrogens with zero attached hydrogens (tertiary/aromatic N) is 2. The summed E-state index contributed by atoms with van der Waals surface area (Å²) in [4.78, 5) is 30.4. The van der Waals surface area contributed by atoms with Crippen molar-refractivity contribution in [2.45, 2.75) is 44.0 Å². The topological polar surface area (TPSA) is 185 Å². The molecule has 32 heavy (non-hydrogen) atoms. The van der Waals surface area contributed by atoms with Crippen LogP contribution in [-0.4, -0.2) is 31.5 Å². The number of nitrogens with two attached hydrogens (primary N) is 3. The van der Waals surface area contributed by atoms with Gasteiger partial charge in [0, 0.05) is 12.1 Å². The number of anilines is 1. The van der Waals surface area contributed by atoms with Crippen LogP contribution < -0.4 is 27.5 Å². The number of benzene rings is 1. The van der Waals surface area contributed by atoms with E-state index < -0.39 is 27.5 Å². The first kappa shape index (κ1) is 24.7. The first-order valence-corrected chi connectivity index (χ1v) is 11.3. The van der Waals surface area contributed by atoms with Crippen molar-refractivity contribution in [2.24, 2.45) is 22.4 Å². The van der Waals surface area contributed by atoms with Crippen LogP contribution in [0.25, 0.3) is 0 Å². The first-order valence-electron chi connectivity index (χ1n) is 9.79. The van der Waals surface area contributed by atoms with E-state index in [4.69, 9.17) is 22.0 Å². The molecule has 0 spiro atoms. The summed E-state index contributed by atoms with van der Waals surface area (Å²) in [6.45, 7) is 5.31. The van der Waals surface area contributed by atoms with E-state index in [9.17, 15) is 18.0 Å². The molecule has 2 rings (SSSR count). The molecule has 0 saturated carbocycles. The van der Waals surface area contributed by atoms with Crippen LogP contribution in [0, 0.1) is 6.92 Å². The summed E-state index contributed by atoms with van der Waals surface area (Å²) in [7, 11) is -4.03. The number of primary amides is 1. The molecule has 0 fully saturated rings. The number of sulfonamides is 1. The smallest absolute Gasteiger partial charge is 0.275 e. The van der Waals surface area contributed by atoms with Crippen LogP contribution in [0.2, 0.25) is 0 Å². The van der Waals surface area contributed by atoms with Gasteiger partial charge in [0.2, 0.25) is 11.9 Å². The summed E-state index contributed by atoms with van der Waals surface area (Å²) in [6.07, 6.45) is -0.0141. The van der Waals surface area contributed by atoms with Crippen molar-refractivity contribution in [3.05, 3.63) is 58.0 Å². The van der Waals surface area contributed by atoms with Crippen molar-refractivity contribution in [1.82, 2.24) is 4.57 Å². The van der Waals surface area contributed by atoms with Crippen LogP contribution in [0.15, 0.2) is 51.2 Å². The van der Waals surface area contributed by atoms with E-state index in [-0.39, 0.29) is 35.5 Å². The number of guanidine groups is 1. The number of hydrogen-bond donors (Lipinski definition) is 4. The molecule has 12 heteroatoms. The molecule has 1 amide bonds. The van der Waals surface area contributed by atoms with Crippen molar-refractivity contribution in [1.29, 1.82) is 0 Å². The fraction of sp³-hybridized carbons (Fsp3) is 0.350. The Balaban J connectivity index is 2.50. The fourth-order valence-corrected chi connectivity index (χ4v) is 4.27. The minimum Gasteiger partial charge on any atom is -0.393 e. The van der Waals surface area contributed by atoms with E-state index in [2.05, 4.69) is 9.88 Å². The van der Waals surface area contributed by atoms with Gasteiger partial charge in [0.15, 0.2) is 0 Å². The highest BCUT2D eigenvalue weighted by Crippen LogP contribution is 2.22. The highest BCUT2D eigenvalue weighted by atomic mass is 32.2. The molecule has 174 valence electrons. The number of oxime groups is 1. The Morgan fingerprint density at radius 2 is 1.88 bits per heavy atom. The molecular weight excluding hydrogens is 436 g/mol. The maximum absolute atomic E-state index is 13.3. The van der Waals surface area contributed by atoms with E-state index in [1.54, 1.807) is 25.1 Å². The number of aromatic nitrogens is 1. The molecule has 1 aromatic carbocycles. The van der Waals surface area contributed by atoms with Gasteiger partial charge < -0.3 is 22.0 Å². The summed E-state index contributed by atoms with van der Waals surface area (Å²) in [5.41, 5.74) is 16.3. The Morgan fingerprint density at radius 3 is 2.44 bits per heavy atom. The average molecular weight is 465 g/mol. The van der Waals surface area contributed by atoms with Gasteiger partial charge in [-0.1, -0.05) is 26.0 Å². The molecular formula is C20H28N6O5S. The Morgan fingerprint density at radius 1 is 1.19 bits per heavy atom. The molecule has 7 N–H and O–H groups in total. The zero-order valence-corrected chi connectivity index (χ0v) is 18.9. The van der Waals surface area contributed by atoms with Crippen molar-refractivity contribution < 1.29 is 18.0 Å². The maximum Gasteiger partial charge on any atom is 0.275 e. The lowest BCUT2D eigenvalue weighted by Crippen LogP contribution is -2.38. The minimum absolute atomic E-state index is 0.00784. The Bertz CT molecular complexity index is 1170. The van der Waals surface area contributed by atoms with Crippen LogP contribution >= 0.6 is 0 Å². The zero-order valence-electron chi connectivity index (χ0n) is 18.1. The molecule has 11 nitrogen and oxygen atoms in total. The summed E-state index contributed by atoms with van der Waals surface area (Å²) in [5, 5.41) is 3.38. The normalized spacial score (nSPS) is 12.2. The molecule has 0 radical (unpaired) electrons. The highest BCUT2D eigenvalue weighted by Gasteiger charge is 2.26. The number of hydrogen-bond acceptors (Lipinski definition) is 6. The van der Waals surface area contributed by atoms with E-state index in [1.807, 2.05) is 13.8 Å². The lowest BCUT2D eigenvalue weighted by molar-refractivity contribution is -0.121. The van der Waals surface area contributed by atoms with E-state index in [1.165, 1.54) is 22.8 Å². The number of nitrogens with one attached hydrogen (secondary N) is 1. The van der Waals surface area contributed by atoms with Crippen molar-refractivity contribution in [3.8, 4) is 0 Å². The van der Waals surface area contributed by atoms with Crippen molar-refractivity contribution in [2.75, 3.05) is 11.3 Å². The standard InChI is InChI=1S/C20H28N6O5S/c1-12(2)16-8-7-15(25-32(29,30)14-6-4-5-13(3)11-14)19(28)26(16)17(18(21)27)9-10-31-24-20(22)23/h4-8,11-12,17,25H,9-10H2,1-3H3,(H2,21,27)(H4,22,23,24). The SMILES string of the molecule is Cc1cccc(S(=O)(=O)Nc2ccc(C(C)C)n(C(CCON=C(N)N)C(N)=O)c2=O)c1. The average Bonchev–Trinajstić information content (AvgIpc) is 2.69. The quantitative estimate of drug-likeness (QED) is 0.172. The summed E-state index contributed by atoms with van der Waals surface area (Å²) < 4.78 is 29.1. The number of rotatable bonds is 10. The predicted octanol–water partition coefficient (Wildman–Crippen LogP) is 0.702. The van der Waals surface area contributed by atoms with Gasteiger partial charge in [0.25, 0.3) is 15.6 Å². The lowest BCUT2D eigenvalue weighted by atomic mass is 10.1. The molecule has 1 heterocycles. The largest absolute Gasteiger partial charge is 0.393 e. The fourth-order valence-electron chi connectivity index (χ4n) is 3.11. The minimum atomic E-state index is -4.03. The summed E-state index contributed by atoms with van der Waals surface area (Å²) in [5.74, 6) is -1.25. The van der Waals surface area contributed by atoms with Crippen molar-refractivity contribution >= 4 is 27.6 Å². The maximum atomic E-state index is 13.3. The number of carbonyl (C=O) groups excluding carboxylic acids is 1. The summed E-state index contributed by atoms with van der Waals surface area (Å²) >= 11 is 0. The molecule has 0 saturated heterocycles. The zero-order chi connectivity index (χ0) is 24.1. The van der Waals surface area contributed by atoms with Gasteiger partial charge in [-0.05, 0) is 47.8 Å². The molecule has 2 aromatic rings. The van der Waals surface area contributed by atoms with Crippen molar-refractivity contribution in [3.63, 3.8) is 0 Å². The number of carbonyl (C=O) groups is 1. The third kappa shape index (κ3) is 6.00. The van der Waals surface area contributed by atoms with Crippen LogP contribution in [0.1, 0.15) is 43.5 Å². The van der Waals surface area contributed by atoms with Gasteiger partial charge in [0.05, 0.1) is 4.90 Å².